The third-order valence-electron chi connectivity index (χ3n) is 3.24. The lowest BCUT2D eigenvalue weighted by Gasteiger charge is -2.05. The quantitative estimate of drug-likeness (QED) is 0.391. The number of amides is 1. The molecule has 1 aromatic rings. The van der Waals surface area contributed by atoms with Gasteiger partial charge in [0.2, 0.25) is 5.91 Å². The fourth-order valence-electron chi connectivity index (χ4n) is 2.00. The molecule has 124 valence electrons. The Hall–Kier alpha value is -1.66. The van der Waals surface area contributed by atoms with Gasteiger partial charge in [0.1, 0.15) is 0 Å². The Morgan fingerprint density at radius 1 is 1.14 bits per heavy atom. The fourth-order valence-corrected chi connectivity index (χ4v) is 2.00. The minimum atomic E-state index is -0.420. The zero-order valence-corrected chi connectivity index (χ0v) is 13.4. The first-order chi connectivity index (χ1) is 10.1. The number of nitro groups is 1. The molecular weight excluding hydrogens is 306 g/mol. The van der Waals surface area contributed by atoms with Gasteiger partial charge in [-0.1, -0.05) is 25.0 Å². The van der Waals surface area contributed by atoms with E-state index < -0.39 is 4.92 Å². The Labute approximate surface area is 137 Å². The highest BCUT2D eigenvalue weighted by Gasteiger charge is 2.04. The summed E-state index contributed by atoms with van der Waals surface area (Å²) in [6.07, 6.45) is 5.24. The zero-order valence-electron chi connectivity index (χ0n) is 12.6. The van der Waals surface area contributed by atoms with Crippen LogP contribution in [-0.2, 0) is 11.2 Å². The Balaban J connectivity index is 0.00000441. The Kier molecular flexibility index (Phi) is 11.0. The van der Waals surface area contributed by atoms with Crippen molar-refractivity contribution in [1.29, 1.82) is 0 Å². The van der Waals surface area contributed by atoms with Gasteiger partial charge in [-0.05, 0) is 31.4 Å². The van der Waals surface area contributed by atoms with Crippen LogP contribution >= 0.6 is 12.4 Å². The third kappa shape index (κ3) is 8.59. The predicted molar refractivity (Wildman–Crippen MR) is 89.2 cm³/mol. The molecule has 0 heterocycles. The molecule has 0 atom stereocenters. The number of nitro benzene ring substituents is 1. The Bertz CT molecular complexity index is 452. The number of nitrogens with two attached hydrogens (primary N) is 1. The van der Waals surface area contributed by atoms with Crippen LogP contribution in [-0.4, -0.2) is 23.9 Å². The van der Waals surface area contributed by atoms with E-state index in [1.165, 1.54) is 12.1 Å². The number of non-ortho nitro benzene ring substituents is 1. The average molecular weight is 330 g/mol. The van der Waals surface area contributed by atoms with Gasteiger partial charge < -0.3 is 11.1 Å². The highest BCUT2D eigenvalue weighted by molar-refractivity contribution is 5.85. The number of rotatable bonds is 10. The Morgan fingerprint density at radius 2 is 1.77 bits per heavy atom. The van der Waals surface area contributed by atoms with Crippen LogP contribution in [0.5, 0.6) is 0 Å². The molecule has 0 aliphatic carbocycles. The molecule has 7 heteroatoms. The first kappa shape index (κ1) is 20.3. The summed E-state index contributed by atoms with van der Waals surface area (Å²) >= 11 is 0. The topological polar surface area (TPSA) is 98.3 Å². The van der Waals surface area contributed by atoms with E-state index in [1.54, 1.807) is 12.1 Å². The van der Waals surface area contributed by atoms with E-state index in [4.69, 9.17) is 5.73 Å². The largest absolute Gasteiger partial charge is 0.356 e. The molecule has 0 bridgehead atoms. The minimum absolute atomic E-state index is 0. The summed E-state index contributed by atoms with van der Waals surface area (Å²) in [5, 5.41) is 13.4. The molecule has 3 N–H and O–H groups in total. The first-order valence-electron chi connectivity index (χ1n) is 7.33. The molecule has 0 spiro atoms. The van der Waals surface area contributed by atoms with E-state index in [0.717, 1.165) is 31.2 Å². The van der Waals surface area contributed by atoms with Gasteiger partial charge in [0.05, 0.1) is 4.92 Å². The molecule has 0 fully saturated rings. The molecule has 0 aliphatic rings. The van der Waals surface area contributed by atoms with Crippen LogP contribution in [0.15, 0.2) is 24.3 Å². The standard InChI is InChI=1S/C15H23N3O3.ClH/c16-11-4-2-1-3-5-15(19)17-12-10-13-6-8-14(9-7-13)18(20)21;/h6-9H,1-5,10-12,16H2,(H,17,19);1H. The number of benzene rings is 1. The van der Waals surface area contributed by atoms with Crippen LogP contribution in [0.1, 0.15) is 37.7 Å². The number of carbonyl (C=O) groups is 1. The van der Waals surface area contributed by atoms with Crippen LogP contribution in [0.2, 0.25) is 0 Å². The summed E-state index contributed by atoms with van der Waals surface area (Å²) in [7, 11) is 0. The van der Waals surface area contributed by atoms with E-state index in [9.17, 15) is 14.9 Å². The lowest BCUT2D eigenvalue weighted by atomic mass is 10.1. The lowest BCUT2D eigenvalue weighted by molar-refractivity contribution is -0.384. The van der Waals surface area contributed by atoms with E-state index in [0.29, 0.717) is 25.9 Å². The molecule has 6 nitrogen and oxygen atoms in total. The molecule has 0 aromatic heterocycles. The van der Waals surface area contributed by atoms with Crippen molar-refractivity contribution in [2.75, 3.05) is 13.1 Å². The summed E-state index contributed by atoms with van der Waals surface area (Å²) in [6.45, 7) is 1.26. The molecule has 1 amide bonds. The van der Waals surface area contributed by atoms with Crippen molar-refractivity contribution >= 4 is 24.0 Å². The van der Waals surface area contributed by atoms with Gasteiger partial charge in [0, 0.05) is 25.1 Å². The molecule has 1 rings (SSSR count). The summed E-state index contributed by atoms with van der Waals surface area (Å²) < 4.78 is 0. The van der Waals surface area contributed by atoms with Crippen LogP contribution in [0.3, 0.4) is 0 Å². The molecule has 0 unspecified atom stereocenters. The van der Waals surface area contributed by atoms with Gasteiger partial charge in [-0.15, -0.1) is 12.4 Å². The Morgan fingerprint density at radius 3 is 2.36 bits per heavy atom. The number of unbranched alkanes of at least 4 members (excludes halogenated alkanes) is 3. The van der Waals surface area contributed by atoms with Crippen molar-refractivity contribution in [2.24, 2.45) is 5.73 Å². The van der Waals surface area contributed by atoms with Crippen molar-refractivity contribution in [3.05, 3.63) is 39.9 Å². The maximum absolute atomic E-state index is 11.6. The molecule has 0 saturated heterocycles. The third-order valence-corrected chi connectivity index (χ3v) is 3.24. The molecule has 22 heavy (non-hydrogen) atoms. The van der Waals surface area contributed by atoms with Crippen molar-refractivity contribution < 1.29 is 9.72 Å². The van der Waals surface area contributed by atoms with Crippen LogP contribution in [0, 0.1) is 10.1 Å². The number of nitrogens with zero attached hydrogens (tertiary/aromatic N) is 1. The highest BCUT2D eigenvalue weighted by atomic mass is 35.5. The van der Waals surface area contributed by atoms with Gasteiger partial charge in [0.25, 0.3) is 5.69 Å². The van der Waals surface area contributed by atoms with Gasteiger partial charge in [-0.3, -0.25) is 14.9 Å². The molecule has 0 saturated carbocycles. The second-order valence-electron chi connectivity index (χ2n) is 4.98. The van der Waals surface area contributed by atoms with Crippen LogP contribution in [0.4, 0.5) is 5.69 Å². The first-order valence-corrected chi connectivity index (χ1v) is 7.33. The number of hydrogen-bond donors (Lipinski definition) is 2. The van der Waals surface area contributed by atoms with Crippen LogP contribution < -0.4 is 11.1 Å². The summed E-state index contributed by atoms with van der Waals surface area (Å²) in [5.74, 6) is 0.0599. The summed E-state index contributed by atoms with van der Waals surface area (Å²) in [5.41, 5.74) is 6.46. The van der Waals surface area contributed by atoms with Crippen molar-refractivity contribution in [1.82, 2.24) is 5.32 Å². The zero-order chi connectivity index (χ0) is 15.5. The minimum Gasteiger partial charge on any atom is -0.356 e. The van der Waals surface area contributed by atoms with Crippen molar-refractivity contribution in [3.8, 4) is 0 Å². The van der Waals surface area contributed by atoms with Crippen molar-refractivity contribution in [2.45, 2.75) is 38.5 Å². The molecule has 0 radical (unpaired) electrons. The lowest BCUT2D eigenvalue weighted by Crippen LogP contribution is -2.25. The van der Waals surface area contributed by atoms with Crippen molar-refractivity contribution in [3.63, 3.8) is 0 Å². The second kappa shape index (κ2) is 11.9. The maximum atomic E-state index is 11.6. The van der Waals surface area contributed by atoms with Gasteiger partial charge >= 0.3 is 0 Å². The fraction of sp³-hybridized carbons (Fsp3) is 0.533. The number of hydrogen-bond acceptors (Lipinski definition) is 4. The van der Waals surface area contributed by atoms with E-state index in [-0.39, 0.29) is 24.0 Å². The second-order valence-corrected chi connectivity index (χ2v) is 4.98. The molecular formula is C15H24ClN3O3. The van der Waals surface area contributed by atoms with E-state index >= 15 is 0 Å². The SMILES string of the molecule is Cl.NCCCCCCC(=O)NCCc1ccc([N+](=O)[O-])cc1. The van der Waals surface area contributed by atoms with Gasteiger partial charge in [0.15, 0.2) is 0 Å². The summed E-state index contributed by atoms with van der Waals surface area (Å²) in [6, 6.07) is 6.40. The monoisotopic (exact) mass is 329 g/mol. The number of nitrogens with one attached hydrogen (secondary N) is 1. The average Bonchev–Trinajstić information content (AvgIpc) is 2.47. The number of halogens is 1. The smallest absolute Gasteiger partial charge is 0.269 e. The molecule has 1 aromatic carbocycles. The highest BCUT2D eigenvalue weighted by Crippen LogP contribution is 2.12. The van der Waals surface area contributed by atoms with Gasteiger partial charge in [-0.2, -0.15) is 0 Å². The number of carbonyl (C=O) groups excluding carboxylic acids is 1. The maximum Gasteiger partial charge on any atom is 0.269 e. The van der Waals surface area contributed by atoms with E-state index in [2.05, 4.69) is 5.32 Å². The molecule has 0 aliphatic heterocycles. The van der Waals surface area contributed by atoms with Crippen LogP contribution in [0.25, 0.3) is 0 Å². The van der Waals surface area contributed by atoms with E-state index in [1.807, 2.05) is 0 Å². The predicted octanol–water partition coefficient (Wildman–Crippen LogP) is 2.58. The normalized spacial score (nSPS) is 9.86. The summed E-state index contributed by atoms with van der Waals surface area (Å²) in [4.78, 5) is 21.7. The van der Waals surface area contributed by atoms with Gasteiger partial charge in [-0.25, -0.2) is 0 Å².